The van der Waals surface area contributed by atoms with Crippen molar-refractivity contribution in [2.45, 2.75) is 6.42 Å². The number of aldehydes is 1. The first kappa shape index (κ1) is 14.5. The molecule has 6 heteroatoms. The summed E-state index contributed by atoms with van der Waals surface area (Å²) in [7, 11) is -1.48. The van der Waals surface area contributed by atoms with Crippen molar-refractivity contribution in [3.63, 3.8) is 0 Å². The molecule has 0 spiro atoms. The van der Waals surface area contributed by atoms with Gasteiger partial charge in [-0.3, -0.25) is 4.79 Å². The number of ether oxygens (including phenoxy) is 2. The number of rotatable bonds is 7. The molecular formula is C12H16O5S. The molecule has 1 aromatic rings. The Balaban J connectivity index is 2.62. The van der Waals surface area contributed by atoms with Crippen molar-refractivity contribution in [2.24, 2.45) is 0 Å². The summed E-state index contributed by atoms with van der Waals surface area (Å²) in [5.41, 5.74) is 0.480. The van der Waals surface area contributed by atoms with E-state index in [-0.39, 0.29) is 12.4 Å². The van der Waals surface area contributed by atoms with Crippen LogP contribution in [0.2, 0.25) is 0 Å². The minimum atomic E-state index is -2.97. The number of benzene rings is 1. The molecule has 1 rings (SSSR count). The van der Waals surface area contributed by atoms with Gasteiger partial charge < -0.3 is 9.47 Å². The van der Waals surface area contributed by atoms with Gasteiger partial charge in [0, 0.05) is 11.8 Å². The largest absolute Gasteiger partial charge is 0.493 e. The predicted octanol–water partition coefficient (Wildman–Crippen LogP) is 1.32. The van der Waals surface area contributed by atoms with E-state index in [1.54, 1.807) is 18.2 Å². The van der Waals surface area contributed by atoms with Crippen LogP contribution in [0.25, 0.3) is 0 Å². The topological polar surface area (TPSA) is 69.7 Å². The molecule has 0 aliphatic carbocycles. The van der Waals surface area contributed by atoms with E-state index in [9.17, 15) is 13.2 Å². The highest BCUT2D eigenvalue weighted by atomic mass is 32.2. The fraction of sp³-hybridized carbons (Fsp3) is 0.417. The first-order valence-electron chi connectivity index (χ1n) is 5.40. The van der Waals surface area contributed by atoms with Crippen LogP contribution >= 0.6 is 0 Å². The molecule has 100 valence electrons. The summed E-state index contributed by atoms with van der Waals surface area (Å²) in [6.07, 6.45) is 2.29. The normalized spacial score (nSPS) is 11.0. The van der Waals surface area contributed by atoms with E-state index in [2.05, 4.69) is 0 Å². The summed E-state index contributed by atoms with van der Waals surface area (Å²) in [4.78, 5) is 10.6. The van der Waals surface area contributed by atoms with E-state index >= 15 is 0 Å². The molecule has 18 heavy (non-hydrogen) atoms. The standard InChI is InChI=1S/C12H16O5S/c1-16-11-5-4-10(9-13)8-12(11)17-6-3-7-18(2,14)15/h4-5,8-9H,3,6-7H2,1-2H3. The van der Waals surface area contributed by atoms with Crippen molar-refractivity contribution >= 4 is 16.1 Å². The van der Waals surface area contributed by atoms with Crippen LogP contribution in [0.3, 0.4) is 0 Å². The molecule has 0 aliphatic heterocycles. The molecule has 0 bridgehead atoms. The van der Waals surface area contributed by atoms with Crippen LogP contribution in [0.1, 0.15) is 16.8 Å². The van der Waals surface area contributed by atoms with Gasteiger partial charge in [-0.25, -0.2) is 8.42 Å². The Morgan fingerprint density at radius 2 is 2.00 bits per heavy atom. The van der Waals surface area contributed by atoms with E-state index in [1.807, 2.05) is 0 Å². The van der Waals surface area contributed by atoms with Crippen LogP contribution in [0.5, 0.6) is 11.5 Å². The summed E-state index contributed by atoms with van der Waals surface area (Å²) in [6, 6.07) is 4.82. The monoisotopic (exact) mass is 272 g/mol. The zero-order chi connectivity index (χ0) is 13.6. The quantitative estimate of drug-likeness (QED) is 0.553. The molecule has 0 unspecified atom stereocenters. The minimum Gasteiger partial charge on any atom is -0.493 e. The van der Waals surface area contributed by atoms with Crippen LogP contribution in [-0.4, -0.2) is 40.4 Å². The third-order valence-corrected chi connectivity index (χ3v) is 3.27. The van der Waals surface area contributed by atoms with Crippen molar-refractivity contribution in [2.75, 3.05) is 25.7 Å². The van der Waals surface area contributed by atoms with Crippen LogP contribution in [0.15, 0.2) is 18.2 Å². The Morgan fingerprint density at radius 1 is 1.28 bits per heavy atom. The lowest BCUT2D eigenvalue weighted by Crippen LogP contribution is -2.08. The molecule has 0 aliphatic rings. The number of hydrogen-bond donors (Lipinski definition) is 0. The van der Waals surface area contributed by atoms with E-state index in [0.29, 0.717) is 29.8 Å². The maximum atomic E-state index is 10.9. The molecular weight excluding hydrogens is 256 g/mol. The van der Waals surface area contributed by atoms with Crippen LogP contribution in [0.4, 0.5) is 0 Å². The average Bonchev–Trinajstić information content (AvgIpc) is 2.33. The Hall–Kier alpha value is -1.56. The summed E-state index contributed by atoms with van der Waals surface area (Å²) in [6.45, 7) is 0.256. The summed E-state index contributed by atoms with van der Waals surface area (Å²) < 4.78 is 32.4. The molecule has 0 radical (unpaired) electrons. The van der Waals surface area contributed by atoms with E-state index in [0.717, 1.165) is 0 Å². The summed E-state index contributed by atoms with van der Waals surface area (Å²) >= 11 is 0. The van der Waals surface area contributed by atoms with Crippen LogP contribution in [-0.2, 0) is 9.84 Å². The van der Waals surface area contributed by atoms with Gasteiger partial charge in [0.25, 0.3) is 0 Å². The fourth-order valence-electron chi connectivity index (χ4n) is 1.38. The average molecular weight is 272 g/mol. The number of carbonyl (C=O) groups excluding carboxylic acids is 1. The van der Waals surface area contributed by atoms with Gasteiger partial charge in [0.2, 0.25) is 0 Å². The Kier molecular flexibility index (Phi) is 5.15. The van der Waals surface area contributed by atoms with E-state index in [1.165, 1.54) is 13.4 Å². The van der Waals surface area contributed by atoms with Crippen molar-refractivity contribution in [1.29, 1.82) is 0 Å². The van der Waals surface area contributed by atoms with E-state index in [4.69, 9.17) is 9.47 Å². The lowest BCUT2D eigenvalue weighted by molar-refractivity contribution is 0.112. The summed E-state index contributed by atoms with van der Waals surface area (Å²) in [5.74, 6) is 1.03. The van der Waals surface area contributed by atoms with Gasteiger partial charge in [-0.05, 0) is 24.6 Å². The Labute approximate surface area is 107 Å². The molecule has 5 nitrogen and oxygen atoms in total. The lowest BCUT2D eigenvalue weighted by Gasteiger charge is -2.10. The van der Waals surface area contributed by atoms with Crippen molar-refractivity contribution in [3.05, 3.63) is 23.8 Å². The molecule has 1 aromatic carbocycles. The van der Waals surface area contributed by atoms with Gasteiger partial charge in [0.1, 0.15) is 16.1 Å². The maximum absolute atomic E-state index is 10.9. The Morgan fingerprint density at radius 3 is 2.56 bits per heavy atom. The van der Waals surface area contributed by atoms with Crippen molar-refractivity contribution < 1.29 is 22.7 Å². The van der Waals surface area contributed by atoms with Gasteiger partial charge in [-0.15, -0.1) is 0 Å². The molecule has 0 amide bonds. The minimum absolute atomic E-state index is 0.0721. The SMILES string of the molecule is COc1ccc(C=O)cc1OCCCS(C)(=O)=O. The second-order valence-corrected chi connectivity index (χ2v) is 6.12. The van der Waals surface area contributed by atoms with Gasteiger partial charge in [-0.2, -0.15) is 0 Å². The highest BCUT2D eigenvalue weighted by Gasteiger charge is 2.07. The highest BCUT2D eigenvalue weighted by molar-refractivity contribution is 7.90. The third-order valence-electron chi connectivity index (χ3n) is 2.24. The molecule has 0 atom stereocenters. The van der Waals surface area contributed by atoms with Crippen LogP contribution in [0, 0.1) is 0 Å². The van der Waals surface area contributed by atoms with Crippen molar-refractivity contribution in [3.8, 4) is 11.5 Å². The van der Waals surface area contributed by atoms with Gasteiger partial charge >= 0.3 is 0 Å². The second kappa shape index (κ2) is 6.39. The second-order valence-electron chi connectivity index (χ2n) is 3.86. The zero-order valence-corrected chi connectivity index (χ0v) is 11.2. The van der Waals surface area contributed by atoms with Crippen molar-refractivity contribution in [1.82, 2.24) is 0 Å². The van der Waals surface area contributed by atoms with Crippen LogP contribution < -0.4 is 9.47 Å². The first-order valence-corrected chi connectivity index (χ1v) is 7.46. The summed E-state index contributed by atoms with van der Waals surface area (Å²) in [5, 5.41) is 0. The number of hydrogen-bond acceptors (Lipinski definition) is 5. The molecule has 0 N–H and O–H groups in total. The number of carbonyl (C=O) groups is 1. The molecule has 0 saturated heterocycles. The lowest BCUT2D eigenvalue weighted by atomic mass is 10.2. The maximum Gasteiger partial charge on any atom is 0.161 e. The third kappa shape index (κ3) is 4.75. The predicted molar refractivity (Wildman–Crippen MR) is 68.2 cm³/mol. The molecule has 0 fully saturated rings. The van der Waals surface area contributed by atoms with Gasteiger partial charge in [0.05, 0.1) is 19.5 Å². The molecule has 0 saturated carbocycles. The smallest absolute Gasteiger partial charge is 0.161 e. The highest BCUT2D eigenvalue weighted by Crippen LogP contribution is 2.27. The zero-order valence-electron chi connectivity index (χ0n) is 10.4. The first-order chi connectivity index (χ1) is 8.46. The molecule has 0 heterocycles. The molecule has 0 aromatic heterocycles. The van der Waals surface area contributed by atoms with Gasteiger partial charge in [-0.1, -0.05) is 0 Å². The van der Waals surface area contributed by atoms with Gasteiger partial charge in [0.15, 0.2) is 11.5 Å². The van der Waals surface area contributed by atoms with E-state index < -0.39 is 9.84 Å². The number of sulfone groups is 1. The number of methoxy groups -OCH3 is 1. The fourth-order valence-corrected chi connectivity index (χ4v) is 2.02. The Bertz CT molecular complexity index is 507.